The molecule has 0 radical (unpaired) electrons. The number of hydrogen-bond donors (Lipinski definition) is 2. The molecule has 1 atom stereocenters. The Bertz CT molecular complexity index is 433. The number of carbonyl (C=O) groups excluding carboxylic acids is 1. The number of halogens is 1. The van der Waals surface area contributed by atoms with Crippen molar-refractivity contribution in [3.63, 3.8) is 0 Å². The van der Waals surface area contributed by atoms with Gasteiger partial charge in [-0.3, -0.25) is 4.79 Å². The number of nitrogens with zero attached hydrogens (tertiary/aromatic N) is 1. The molecule has 0 aromatic carbocycles. The van der Waals surface area contributed by atoms with Gasteiger partial charge in [-0.15, -0.1) is 0 Å². The number of nitrogens with one attached hydrogen (secondary N) is 2. The van der Waals surface area contributed by atoms with Crippen LogP contribution >= 0.6 is 15.9 Å². The van der Waals surface area contributed by atoms with E-state index < -0.39 is 0 Å². The molecule has 98 valence electrons. The molecule has 1 aliphatic rings. The predicted octanol–water partition coefficient (Wildman–Crippen LogP) is 1.47. The van der Waals surface area contributed by atoms with E-state index in [2.05, 4.69) is 31.5 Å². The van der Waals surface area contributed by atoms with E-state index in [1.165, 1.54) is 0 Å². The molecule has 18 heavy (non-hydrogen) atoms. The molecule has 1 amide bonds. The number of aromatic nitrogens is 1. The first-order chi connectivity index (χ1) is 8.65. The molecule has 5 nitrogen and oxygen atoms in total. The maximum Gasteiger partial charge on any atom is 0.227 e. The van der Waals surface area contributed by atoms with Crippen LogP contribution in [-0.4, -0.2) is 36.7 Å². The van der Waals surface area contributed by atoms with Crippen LogP contribution in [0, 0.1) is 6.92 Å². The molecule has 2 N–H and O–H groups in total. The first kappa shape index (κ1) is 13.5. The molecular formula is C12H16BrN3O2. The molecule has 6 heteroatoms. The van der Waals surface area contributed by atoms with Gasteiger partial charge in [-0.25, -0.2) is 4.98 Å². The summed E-state index contributed by atoms with van der Waals surface area (Å²) < 4.78 is 6.24. The predicted molar refractivity (Wildman–Crippen MR) is 72.5 cm³/mol. The van der Waals surface area contributed by atoms with Gasteiger partial charge in [-0.1, -0.05) is 0 Å². The number of carbonyl (C=O) groups is 1. The lowest BCUT2D eigenvalue weighted by molar-refractivity contribution is -0.117. The number of anilines is 1. The first-order valence-electron chi connectivity index (χ1n) is 5.88. The van der Waals surface area contributed by atoms with Crippen LogP contribution in [0.3, 0.4) is 0 Å². The summed E-state index contributed by atoms with van der Waals surface area (Å²) in [5, 5.41) is 6.03. The van der Waals surface area contributed by atoms with Gasteiger partial charge in [0.25, 0.3) is 0 Å². The summed E-state index contributed by atoms with van der Waals surface area (Å²) in [6.07, 6.45) is 2.09. The van der Waals surface area contributed by atoms with Crippen molar-refractivity contribution in [2.24, 2.45) is 0 Å². The average molecular weight is 314 g/mol. The zero-order valence-electron chi connectivity index (χ0n) is 10.2. The van der Waals surface area contributed by atoms with E-state index in [1.807, 2.05) is 13.0 Å². The molecule has 1 fully saturated rings. The second-order valence-electron chi connectivity index (χ2n) is 4.30. The van der Waals surface area contributed by atoms with Gasteiger partial charge in [0.2, 0.25) is 5.91 Å². The number of ether oxygens (including phenoxy) is 1. The van der Waals surface area contributed by atoms with Crippen LogP contribution in [0.5, 0.6) is 0 Å². The van der Waals surface area contributed by atoms with Crippen LogP contribution in [0.2, 0.25) is 0 Å². The SMILES string of the molecule is Cc1cc(NC(=O)CC2COCCN2)ncc1Br. The Hall–Kier alpha value is -0.980. The van der Waals surface area contributed by atoms with E-state index in [9.17, 15) is 4.79 Å². The minimum absolute atomic E-state index is 0.0489. The van der Waals surface area contributed by atoms with Crippen molar-refractivity contribution < 1.29 is 9.53 Å². The smallest absolute Gasteiger partial charge is 0.227 e. The molecule has 0 bridgehead atoms. The summed E-state index contributed by atoms with van der Waals surface area (Å²) in [6, 6.07) is 1.93. The van der Waals surface area contributed by atoms with Gasteiger partial charge >= 0.3 is 0 Å². The number of rotatable bonds is 3. The van der Waals surface area contributed by atoms with Crippen LogP contribution in [0.25, 0.3) is 0 Å². The zero-order valence-corrected chi connectivity index (χ0v) is 11.8. The van der Waals surface area contributed by atoms with Crippen LogP contribution in [0.4, 0.5) is 5.82 Å². The van der Waals surface area contributed by atoms with Crippen molar-refractivity contribution in [2.75, 3.05) is 25.1 Å². The van der Waals surface area contributed by atoms with E-state index in [1.54, 1.807) is 6.20 Å². The third kappa shape index (κ3) is 3.76. The van der Waals surface area contributed by atoms with E-state index in [4.69, 9.17) is 4.74 Å². The van der Waals surface area contributed by atoms with E-state index in [0.29, 0.717) is 25.5 Å². The van der Waals surface area contributed by atoms with Crippen LogP contribution in [0.15, 0.2) is 16.7 Å². The number of morpholine rings is 1. The molecule has 0 saturated carbocycles. The van der Waals surface area contributed by atoms with E-state index >= 15 is 0 Å². The van der Waals surface area contributed by atoms with Crippen molar-refractivity contribution in [1.29, 1.82) is 0 Å². The molecule has 1 aromatic heterocycles. The van der Waals surface area contributed by atoms with Crippen LogP contribution in [-0.2, 0) is 9.53 Å². The summed E-state index contributed by atoms with van der Waals surface area (Å²) in [4.78, 5) is 16.0. The van der Waals surface area contributed by atoms with Gasteiger partial charge in [0.1, 0.15) is 5.82 Å². The number of aryl methyl sites for hydroxylation is 1. The summed E-state index contributed by atoms with van der Waals surface area (Å²) in [5.74, 6) is 0.532. The zero-order chi connectivity index (χ0) is 13.0. The van der Waals surface area contributed by atoms with Crippen LogP contribution in [0.1, 0.15) is 12.0 Å². The maximum atomic E-state index is 11.8. The van der Waals surface area contributed by atoms with Gasteiger partial charge in [0.05, 0.1) is 13.2 Å². The van der Waals surface area contributed by atoms with Gasteiger partial charge in [-0.05, 0) is 34.5 Å². The van der Waals surface area contributed by atoms with E-state index in [-0.39, 0.29) is 11.9 Å². The van der Waals surface area contributed by atoms with Crippen molar-refractivity contribution in [3.05, 3.63) is 22.3 Å². The highest BCUT2D eigenvalue weighted by atomic mass is 79.9. The molecule has 1 unspecified atom stereocenters. The van der Waals surface area contributed by atoms with Gasteiger partial charge in [-0.2, -0.15) is 0 Å². The second-order valence-corrected chi connectivity index (χ2v) is 5.15. The maximum absolute atomic E-state index is 11.8. The molecular weight excluding hydrogens is 298 g/mol. The molecule has 0 aliphatic carbocycles. The largest absolute Gasteiger partial charge is 0.378 e. The average Bonchev–Trinajstić information content (AvgIpc) is 2.35. The van der Waals surface area contributed by atoms with Crippen molar-refractivity contribution in [1.82, 2.24) is 10.3 Å². The summed E-state index contributed by atoms with van der Waals surface area (Å²) in [7, 11) is 0. The third-order valence-corrected chi connectivity index (χ3v) is 3.57. The van der Waals surface area contributed by atoms with Gasteiger partial charge in [0.15, 0.2) is 0 Å². The highest BCUT2D eigenvalue weighted by Gasteiger charge is 2.17. The fraction of sp³-hybridized carbons (Fsp3) is 0.500. The Morgan fingerprint density at radius 3 is 3.22 bits per heavy atom. The summed E-state index contributed by atoms with van der Waals surface area (Å²) in [5.41, 5.74) is 1.04. The second kappa shape index (κ2) is 6.26. The Morgan fingerprint density at radius 2 is 2.56 bits per heavy atom. The lowest BCUT2D eigenvalue weighted by Gasteiger charge is -2.23. The van der Waals surface area contributed by atoms with E-state index in [0.717, 1.165) is 16.6 Å². The molecule has 2 rings (SSSR count). The normalized spacial score (nSPS) is 19.6. The van der Waals surface area contributed by atoms with Gasteiger partial charge in [0, 0.05) is 29.7 Å². The highest BCUT2D eigenvalue weighted by molar-refractivity contribution is 9.10. The standard InChI is InChI=1S/C12H16BrN3O2/c1-8-4-11(15-6-10(8)13)16-12(17)5-9-7-18-3-2-14-9/h4,6,9,14H,2-3,5,7H2,1H3,(H,15,16,17). The number of amides is 1. The Labute approximate surface area is 114 Å². The quantitative estimate of drug-likeness (QED) is 0.887. The fourth-order valence-electron chi connectivity index (χ4n) is 1.78. The third-order valence-electron chi connectivity index (χ3n) is 2.74. The molecule has 1 aromatic rings. The summed E-state index contributed by atoms with van der Waals surface area (Å²) in [6.45, 7) is 4.05. The summed E-state index contributed by atoms with van der Waals surface area (Å²) >= 11 is 3.37. The van der Waals surface area contributed by atoms with Crippen molar-refractivity contribution in [2.45, 2.75) is 19.4 Å². The molecule has 1 saturated heterocycles. The fourth-order valence-corrected chi connectivity index (χ4v) is 1.99. The Balaban J connectivity index is 1.88. The minimum atomic E-state index is -0.0489. The number of pyridine rings is 1. The number of hydrogen-bond acceptors (Lipinski definition) is 4. The lowest BCUT2D eigenvalue weighted by Crippen LogP contribution is -2.43. The monoisotopic (exact) mass is 313 g/mol. The Morgan fingerprint density at radius 1 is 1.72 bits per heavy atom. The highest BCUT2D eigenvalue weighted by Crippen LogP contribution is 2.17. The lowest BCUT2D eigenvalue weighted by atomic mass is 10.2. The van der Waals surface area contributed by atoms with Crippen molar-refractivity contribution >= 4 is 27.7 Å². The molecule has 2 heterocycles. The molecule has 1 aliphatic heterocycles. The Kier molecular flexibility index (Phi) is 4.68. The topological polar surface area (TPSA) is 63.2 Å². The molecule has 0 spiro atoms. The first-order valence-corrected chi connectivity index (χ1v) is 6.67. The van der Waals surface area contributed by atoms with Crippen molar-refractivity contribution in [3.8, 4) is 0 Å². The minimum Gasteiger partial charge on any atom is -0.378 e. The van der Waals surface area contributed by atoms with Gasteiger partial charge < -0.3 is 15.4 Å². The van der Waals surface area contributed by atoms with Crippen LogP contribution < -0.4 is 10.6 Å².